The molecular weight excluding hydrogens is 198 g/mol. The van der Waals surface area contributed by atoms with E-state index in [4.69, 9.17) is 4.74 Å². The van der Waals surface area contributed by atoms with Crippen LogP contribution in [0.2, 0.25) is 0 Å². The fourth-order valence-corrected chi connectivity index (χ4v) is 2.13. The van der Waals surface area contributed by atoms with Gasteiger partial charge in [-0.1, -0.05) is 19.1 Å². The summed E-state index contributed by atoms with van der Waals surface area (Å²) in [7, 11) is 1.70. The average molecular weight is 218 g/mol. The second kappa shape index (κ2) is 5.35. The van der Waals surface area contributed by atoms with Crippen molar-refractivity contribution in [3.8, 4) is 5.75 Å². The van der Waals surface area contributed by atoms with Crippen molar-refractivity contribution in [2.75, 3.05) is 20.2 Å². The van der Waals surface area contributed by atoms with Gasteiger partial charge in [0.25, 0.3) is 0 Å². The number of piperidine rings is 1. The largest absolute Gasteiger partial charge is 0.497 e. The molecule has 2 rings (SSSR count). The molecule has 0 aromatic heterocycles. The van der Waals surface area contributed by atoms with Crippen LogP contribution in [-0.4, -0.2) is 25.1 Å². The minimum absolute atomic E-state index is 0.659. The van der Waals surface area contributed by atoms with Gasteiger partial charge in [-0.3, -0.25) is 4.90 Å². The van der Waals surface area contributed by atoms with E-state index in [-0.39, 0.29) is 0 Å². The number of methoxy groups -OCH3 is 1. The predicted octanol–water partition coefficient (Wildman–Crippen LogP) is 2.74. The molecule has 1 saturated heterocycles. The molecule has 0 unspecified atom stereocenters. The Kier molecular flexibility index (Phi) is 3.83. The second-order valence-corrected chi connectivity index (χ2v) is 4.57. The van der Waals surface area contributed by atoms with Crippen LogP contribution in [0.5, 0.6) is 5.75 Å². The molecule has 16 heavy (non-hydrogen) atoms. The molecule has 1 fully saturated rings. The van der Waals surface area contributed by atoms with E-state index < -0.39 is 0 Å². The lowest BCUT2D eigenvalue weighted by Gasteiger charge is -2.30. The first kappa shape index (κ1) is 11.5. The minimum Gasteiger partial charge on any atom is -0.497 e. The Bertz CT molecular complexity index is 312. The lowest BCUT2D eigenvalue weighted by molar-refractivity contribution is 0.195. The summed E-state index contributed by atoms with van der Waals surface area (Å²) in [4.78, 5) is 2.50. The van der Waals surface area contributed by atoms with Crippen molar-refractivity contribution in [2.24, 2.45) is 5.92 Å². The van der Waals surface area contributed by atoms with Crippen molar-refractivity contribution in [2.45, 2.75) is 19.4 Å². The number of rotatable bonds is 3. The van der Waals surface area contributed by atoms with Gasteiger partial charge < -0.3 is 4.74 Å². The van der Waals surface area contributed by atoms with E-state index in [0.29, 0.717) is 5.92 Å². The number of nitrogens with zero attached hydrogens (tertiary/aromatic N) is 1. The summed E-state index contributed by atoms with van der Waals surface area (Å²) in [5, 5.41) is 0. The van der Waals surface area contributed by atoms with Crippen LogP contribution in [0.3, 0.4) is 0 Å². The number of hydrogen-bond acceptors (Lipinski definition) is 2. The van der Waals surface area contributed by atoms with Gasteiger partial charge >= 0.3 is 0 Å². The molecule has 0 aliphatic carbocycles. The maximum absolute atomic E-state index is 5.15. The SMILES string of the molecule is [CH2]C1CCN(Cc2ccc(OC)cc2)CC1. The summed E-state index contributed by atoms with van der Waals surface area (Å²) < 4.78 is 5.15. The zero-order valence-electron chi connectivity index (χ0n) is 9.98. The lowest BCUT2D eigenvalue weighted by atomic mass is 9.99. The summed E-state index contributed by atoms with van der Waals surface area (Å²) in [5.41, 5.74) is 1.36. The molecule has 1 aromatic rings. The van der Waals surface area contributed by atoms with Crippen molar-refractivity contribution < 1.29 is 4.74 Å². The third-order valence-electron chi connectivity index (χ3n) is 3.27. The van der Waals surface area contributed by atoms with Crippen LogP contribution in [0.1, 0.15) is 18.4 Å². The van der Waals surface area contributed by atoms with E-state index in [2.05, 4.69) is 24.0 Å². The van der Waals surface area contributed by atoms with Crippen LogP contribution in [0, 0.1) is 12.8 Å². The normalized spacial score (nSPS) is 18.6. The van der Waals surface area contributed by atoms with Crippen LogP contribution in [0.25, 0.3) is 0 Å². The van der Waals surface area contributed by atoms with Crippen molar-refractivity contribution in [3.63, 3.8) is 0 Å². The Hall–Kier alpha value is -1.02. The average Bonchev–Trinajstić information content (AvgIpc) is 2.33. The van der Waals surface area contributed by atoms with Crippen LogP contribution >= 0.6 is 0 Å². The van der Waals surface area contributed by atoms with Crippen LogP contribution in [-0.2, 0) is 6.54 Å². The van der Waals surface area contributed by atoms with Gasteiger partial charge in [0.15, 0.2) is 0 Å². The highest BCUT2D eigenvalue weighted by Crippen LogP contribution is 2.19. The number of benzene rings is 1. The third-order valence-corrected chi connectivity index (χ3v) is 3.27. The van der Waals surface area contributed by atoms with Gasteiger partial charge in [-0.2, -0.15) is 0 Å². The van der Waals surface area contributed by atoms with Gasteiger partial charge in [0.1, 0.15) is 5.75 Å². The first-order valence-electron chi connectivity index (χ1n) is 5.96. The molecule has 0 bridgehead atoms. The Labute approximate surface area is 98.2 Å². The van der Waals surface area contributed by atoms with Crippen molar-refractivity contribution >= 4 is 0 Å². The van der Waals surface area contributed by atoms with Gasteiger partial charge in [0.2, 0.25) is 0 Å². The molecule has 0 amide bonds. The summed E-state index contributed by atoms with van der Waals surface area (Å²) >= 11 is 0. The molecule has 1 aromatic carbocycles. The fraction of sp³-hybridized carbons (Fsp3) is 0.500. The smallest absolute Gasteiger partial charge is 0.118 e. The molecule has 1 aliphatic rings. The molecule has 0 saturated carbocycles. The number of ether oxygens (including phenoxy) is 1. The highest BCUT2D eigenvalue weighted by atomic mass is 16.5. The van der Waals surface area contributed by atoms with Crippen molar-refractivity contribution in [1.82, 2.24) is 4.90 Å². The van der Waals surface area contributed by atoms with Gasteiger partial charge in [-0.05, 0) is 49.5 Å². The van der Waals surface area contributed by atoms with E-state index in [1.807, 2.05) is 12.1 Å². The summed E-state index contributed by atoms with van der Waals surface area (Å²) in [6.45, 7) is 7.53. The number of hydrogen-bond donors (Lipinski definition) is 0. The molecular formula is C14H20NO. The van der Waals surface area contributed by atoms with Gasteiger partial charge in [0.05, 0.1) is 7.11 Å². The van der Waals surface area contributed by atoms with Gasteiger partial charge in [-0.15, -0.1) is 0 Å². The monoisotopic (exact) mass is 218 g/mol. The van der Waals surface area contributed by atoms with E-state index in [1.54, 1.807) is 7.11 Å². The number of likely N-dealkylation sites (tertiary alicyclic amines) is 1. The highest BCUT2D eigenvalue weighted by molar-refractivity contribution is 5.27. The third kappa shape index (κ3) is 2.99. The maximum atomic E-state index is 5.15. The van der Waals surface area contributed by atoms with Crippen LogP contribution in [0.15, 0.2) is 24.3 Å². The second-order valence-electron chi connectivity index (χ2n) is 4.57. The molecule has 87 valence electrons. The lowest BCUT2D eigenvalue weighted by Crippen LogP contribution is -2.32. The Morgan fingerprint density at radius 2 is 1.88 bits per heavy atom. The van der Waals surface area contributed by atoms with E-state index in [9.17, 15) is 0 Å². The first-order chi connectivity index (χ1) is 7.78. The molecule has 1 aliphatic heterocycles. The standard InChI is InChI=1S/C14H20NO/c1-12-7-9-15(10-8-12)11-13-3-5-14(16-2)6-4-13/h3-6,12H,1,7-11H2,2H3. The molecule has 1 radical (unpaired) electrons. The zero-order chi connectivity index (χ0) is 11.4. The first-order valence-corrected chi connectivity index (χ1v) is 5.96. The van der Waals surface area contributed by atoms with Crippen LogP contribution in [0.4, 0.5) is 0 Å². The predicted molar refractivity (Wildman–Crippen MR) is 66.4 cm³/mol. The minimum atomic E-state index is 0.659. The molecule has 2 nitrogen and oxygen atoms in total. The molecule has 2 heteroatoms. The summed E-state index contributed by atoms with van der Waals surface area (Å²) in [6, 6.07) is 8.36. The summed E-state index contributed by atoms with van der Waals surface area (Å²) in [6.07, 6.45) is 2.46. The summed E-state index contributed by atoms with van der Waals surface area (Å²) in [5.74, 6) is 1.59. The van der Waals surface area contributed by atoms with Crippen molar-refractivity contribution in [3.05, 3.63) is 36.8 Å². The Balaban J connectivity index is 1.88. The van der Waals surface area contributed by atoms with E-state index in [1.165, 1.54) is 31.5 Å². The molecule has 0 atom stereocenters. The molecule has 1 heterocycles. The molecule has 0 N–H and O–H groups in total. The topological polar surface area (TPSA) is 12.5 Å². The van der Waals surface area contributed by atoms with E-state index in [0.717, 1.165) is 12.3 Å². The fourth-order valence-electron chi connectivity index (χ4n) is 2.13. The van der Waals surface area contributed by atoms with Gasteiger partial charge in [-0.25, -0.2) is 0 Å². The maximum Gasteiger partial charge on any atom is 0.118 e. The van der Waals surface area contributed by atoms with Crippen LogP contribution < -0.4 is 4.74 Å². The van der Waals surface area contributed by atoms with E-state index >= 15 is 0 Å². The van der Waals surface area contributed by atoms with Gasteiger partial charge in [0, 0.05) is 6.54 Å². The Morgan fingerprint density at radius 3 is 2.44 bits per heavy atom. The highest BCUT2D eigenvalue weighted by Gasteiger charge is 2.15. The Morgan fingerprint density at radius 1 is 1.25 bits per heavy atom. The zero-order valence-corrected chi connectivity index (χ0v) is 9.98. The quantitative estimate of drug-likeness (QED) is 0.773. The van der Waals surface area contributed by atoms with Crippen molar-refractivity contribution in [1.29, 1.82) is 0 Å². The molecule has 0 spiro atoms.